The van der Waals surface area contributed by atoms with E-state index in [0.717, 1.165) is 29.2 Å². The minimum atomic E-state index is -4.54. The van der Waals surface area contributed by atoms with Crippen molar-refractivity contribution in [3.63, 3.8) is 0 Å². The van der Waals surface area contributed by atoms with Crippen LogP contribution in [0.5, 0.6) is 0 Å². The van der Waals surface area contributed by atoms with Crippen molar-refractivity contribution in [1.29, 1.82) is 5.26 Å². The SMILES string of the molecule is N#C/C(=C\c1ccc(N(c2ccccc2)c2ccccc2)cc1)C(=O)Nc1cccc(C(F)(F)F)c1. The van der Waals surface area contributed by atoms with Gasteiger partial charge in [0.2, 0.25) is 0 Å². The molecule has 36 heavy (non-hydrogen) atoms. The second kappa shape index (κ2) is 10.6. The van der Waals surface area contributed by atoms with Gasteiger partial charge in [0.1, 0.15) is 11.6 Å². The van der Waals surface area contributed by atoms with Gasteiger partial charge in [0.25, 0.3) is 5.91 Å². The molecule has 0 heterocycles. The normalized spacial score (nSPS) is 11.4. The summed E-state index contributed by atoms with van der Waals surface area (Å²) in [6, 6.07) is 33.0. The fourth-order valence-electron chi connectivity index (χ4n) is 3.61. The first-order valence-corrected chi connectivity index (χ1v) is 11.0. The molecule has 178 valence electrons. The number of nitriles is 1. The average molecular weight is 483 g/mol. The predicted molar refractivity (Wildman–Crippen MR) is 135 cm³/mol. The van der Waals surface area contributed by atoms with Crippen LogP contribution >= 0.6 is 0 Å². The van der Waals surface area contributed by atoms with Crippen LogP contribution in [0.25, 0.3) is 6.08 Å². The predicted octanol–water partition coefficient (Wildman–Crippen LogP) is 7.72. The van der Waals surface area contributed by atoms with E-state index < -0.39 is 17.6 Å². The molecule has 7 heteroatoms. The molecule has 1 N–H and O–H groups in total. The molecule has 0 aromatic heterocycles. The van der Waals surface area contributed by atoms with Crippen LogP contribution < -0.4 is 10.2 Å². The Hall–Kier alpha value is -4.83. The van der Waals surface area contributed by atoms with Crippen molar-refractivity contribution in [1.82, 2.24) is 0 Å². The van der Waals surface area contributed by atoms with Crippen molar-refractivity contribution in [2.75, 3.05) is 10.2 Å². The van der Waals surface area contributed by atoms with E-state index in [-0.39, 0.29) is 11.3 Å². The Morgan fingerprint density at radius 1 is 0.778 bits per heavy atom. The number of amides is 1. The Morgan fingerprint density at radius 3 is 1.86 bits per heavy atom. The lowest BCUT2D eigenvalue weighted by Crippen LogP contribution is -2.14. The molecule has 4 aromatic rings. The lowest BCUT2D eigenvalue weighted by atomic mass is 10.1. The molecule has 0 saturated carbocycles. The molecule has 0 saturated heterocycles. The Labute approximate surface area is 206 Å². The van der Waals surface area contributed by atoms with E-state index in [4.69, 9.17) is 0 Å². The summed E-state index contributed by atoms with van der Waals surface area (Å²) in [5, 5.41) is 11.9. The molecule has 4 aromatic carbocycles. The largest absolute Gasteiger partial charge is 0.416 e. The zero-order valence-electron chi connectivity index (χ0n) is 18.9. The van der Waals surface area contributed by atoms with Crippen LogP contribution in [-0.2, 0) is 11.0 Å². The topological polar surface area (TPSA) is 56.1 Å². The van der Waals surface area contributed by atoms with Crippen molar-refractivity contribution in [3.8, 4) is 6.07 Å². The van der Waals surface area contributed by atoms with Crippen LogP contribution in [0.15, 0.2) is 115 Å². The summed E-state index contributed by atoms with van der Waals surface area (Å²) in [5.74, 6) is -0.795. The van der Waals surface area contributed by atoms with Crippen LogP contribution in [0, 0.1) is 11.3 Å². The molecule has 1 amide bonds. The molecule has 0 spiro atoms. The van der Waals surface area contributed by atoms with Gasteiger partial charge >= 0.3 is 6.18 Å². The molecule has 4 nitrogen and oxygen atoms in total. The molecule has 0 radical (unpaired) electrons. The number of alkyl halides is 3. The number of hydrogen-bond acceptors (Lipinski definition) is 3. The number of nitrogens with zero attached hydrogens (tertiary/aromatic N) is 2. The Kier molecular flexibility index (Phi) is 7.17. The number of hydrogen-bond donors (Lipinski definition) is 1. The first-order chi connectivity index (χ1) is 17.3. The van der Waals surface area contributed by atoms with Gasteiger partial charge in [0.05, 0.1) is 5.56 Å². The van der Waals surface area contributed by atoms with Crippen molar-refractivity contribution in [3.05, 3.63) is 126 Å². The van der Waals surface area contributed by atoms with Gasteiger partial charge in [-0.3, -0.25) is 4.79 Å². The van der Waals surface area contributed by atoms with E-state index in [1.165, 1.54) is 18.2 Å². The summed E-state index contributed by atoms with van der Waals surface area (Å²) in [7, 11) is 0. The van der Waals surface area contributed by atoms with Crippen LogP contribution in [0.4, 0.5) is 35.9 Å². The number of benzene rings is 4. The molecule has 0 aliphatic heterocycles. The zero-order valence-corrected chi connectivity index (χ0v) is 18.9. The molecule has 0 aliphatic carbocycles. The highest BCUT2D eigenvalue weighted by atomic mass is 19.4. The lowest BCUT2D eigenvalue weighted by molar-refractivity contribution is -0.137. The Bertz CT molecular complexity index is 1370. The molecular formula is C29H20F3N3O. The molecule has 0 bridgehead atoms. The Balaban J connectivity index is 1.58. The van der Waals surface area contributed by atoms with E-state index in [0.29, 0.717) is 5.56 Å². The maximum Gasteiger partial charge on any atom is 0.416 e. The van der Waals surface area contributed by atoms with Crippen LogP contribution in [0.3, 0.4) is 0 Å². The number of rotatable bonds is 6. The lowest BCUT2D eigenvalue weighted by Gasteiger charge is -2.25. The quantitative estimate of drug-likeness (QED) is 0.226. The number of para-hydroxylation sites is 2. The smallest absolute Gasteiger partial charge is 0.321 e. The summed E-state index contributed by atoms with van der Waals surface area (Å²) >= 11 is 0. The maximum atomic E-state index is 12.9. The second-order valence-corrected chi connectivity index (χ2v) is 7.80. The average Bonchev–Trinajstić information content (AvgIpc) is 2.89. The first kappa shape index (κ1) is 24.3. The van der Waals surface area contributed by atoms with Crippen molar-refractivity contribution in [2.45, 2.75) is 6.18 Å². The third kappa shape index (κ3) is 5.80. The van der Waals surface area contributed by atoms with E-state index in [1.807, 2.05) is 78.9 Å². The molecule has 0 fully saturated rings. The highest BCUT2D eigenvalue weighted by molar-refractivity contribution is 6.09. The van der Waals surface area contributed by atoms with E-state index in [1.54, 1.807) is 12.1 Å². The third-order valence-electron chi connectivity index (χ3n) is 5.30. The fraction of sp³-hybridized carbons (Fsp3) is 0.0345. The highest BCUT2D eigenvalue weighted by Crippen LogP contribution is 2.34. The second-order valence-electron chi connectivity index (χ2n) is 7.80. The summed E-state index contributed by atoms with van der Waals surface area (Å²) in [6.45, 7) is 0. The van der Waals surface area contributed by atoms with E-state index in [9.17, 15) is 23.2 Å². The highest BCUT2D eigenvalue weighted by Gasteiger charge is 2.30. The number of halogens is 3. The van der Waals surface area contributed by atoms with Crippen LogP contribution in [0.2, 0.25) is 0 Å². The van der Waals surface area contributed by atoms with Gasteiger partial charge in [-0.05, 0) is 66.2 Å². The standard InChI is InChI=1S/C29H20F3N3O/c30-29(31,32)23-8-7-9-24(19-23)34-28(36)22(20-33)18-21-14-16-27(17-15-21)35(25-10-3-1-4-11-25)26-12-5-2-6-13-26/h1-19H,(H,34,36)/b22-18+. The number of nitrogens with one attached hydrogen (secondary N) is 1. The van der Waals surface area contributed by atoms with Gasteiger partial charge in [-0.25, -0.2) is 0 Å². The molecule has 0 aliphatic rings. The fourth-order valence-corrected chi connectivity index (χ4v) is 3.61. The monoisotopic (exact) mass is 483 g/mol. The van der Waals surface area contributed by atoms with Crippen LogP contribution in [0.1, 0.15) is 11.1 Å². The van der Waals surface area contributed by atoms with Gasteiger partial charge in [-0.1, -0.05) is 54.6 Å². The molecule has 0 atom stereocenters. The molecule has 4 rings (SSSR count). The van der Waals surface area contributed by atoms with Gasteiger partial charge in [0.15, 0.2) is 0 Å². The van der Waals surface area contributed by atoms with Gasteiger partial charge < -0.3 is 10.2 Å². The first-order valence-electron chi connectivity index (χ1n) is 11.0. The minimum Gasteiger partial charge on any atom is -0.321 e. The summed E-state index contributed by atoms with van der Waals surface area (Å²) < 4.78 is 38.8. The van der Waals surface area contributed by atoms with Gasteiger partial charge in [0, 0.05) is 22.7 Å². The third-order valence-corrected chi connectivity index (χ3v) is 5.30. The Morgan fingerprint density at radius 2 is 1.33 bits per heavy atom. The maximum absolute atomic E-state index is 12.9. The molecule has 0 unspecified atom stereocenters. The van der Waals surface area contributed by atoms with Gasteiger partial charge in [-0.15, -0.1) is 0 Å². The number of carbonyl (C=O) groups is 1. The van der Waals surface area contributed by atoms with E-state index >= 15 is 0 Å². The minimum absolute atomic E-state index is 0.0484. The molecular weight excluding hydrogens is 463 g/mol. The van der Waals surface area contributed by atoms with Gasteiger partial charge in [-0.2, -0.15) is 18.4 Å². The summed E-state index contributed by atoms with van der Waals surface area (Å²) in [4.78, 5) is 14.6. The zero-order chi connectivity index (χ0) is 25.5. The summed E-state index contributed by atoms with van der Waals surface area (Å²) in [5.41, 5.74) is 2.22. The number of carbonyl (C=O) groups excluding carboxylic acids is 1. The van der Waals surface area contributed by atoms with E-state index in [2.05, 4.69) is 10.2 Å². The van der Waals surface area contributed by atoms with Crippen molar-refractivity contribution >= 4 is 34.7 Å². The van der Waals surface area contributed by atoms with Crippen molar-refractivity contribution < 1.29 is 18.0 Å². The van der Waals surface area contributed by atoms with Crippen molar-refractivity contribution in [2.24, 2.45) is 0 Å². The summed E-state index contributed by atoms with van der Waals surface area (Å²) in [6.07, 6.45) is -3.15. The van der Waals surface area contributed by atoms with Crippen LogP contribution in [-0.4, -0.2) is 5.91 Å². The number of anilines is 4.